The van der Waals surface area contributed by atoms with Crippen molar-refractivity contribution in [2.24, 2.45) is 0 Å². The number of aliphatic hydroxyl groups excluding tert-OH is 1. The van der Waals surface area contributed by atoms with Gasteiger partial charge >= 0.3 is 8.80 Å². The van der Waals surface area contributed by atoms with Crippen molar-refractivity contribution in [1.29, 1.82) is 0 Å². The van der Waals surface area contributed by atoms with Crippen LogP contribution in [0.5, 0.6) is 0 Å². The van der Waals surface area contributed by atoms with Gasteiger partial charge in [0.15, 0.2) is 6.29 Å². The molecule has 0 aromatic carbocycles. The van der Waals surface area contributed by atoms with Gasteiger partial charge in [-0.15, -0.1) is 0 Å². The van der Waals surface area contributed by atoms with Gasteiger partial charge in [-0.05, 0) is 33.7 Å². The summed E-state index contributed by atoms with van der Waals surface area (Å²) in [5, 5.41) is 20.3. The molecule has 0 amide bonds. The minimum absolute atomic E-state index is 0.173. The third kappa shape index (κ3) is 8.14. The molecular weight excluding hydrogens is 254 g/mol. The van der Waals surface area contributed by atoms with Crippen molar-refractivity contribution < 1.29 is 23.5 Å². The zero-order chi connectivity index (χ0) is 13.9. The van der Waals surface area contributed by atoms with Gasteiger partial charge in [0, 0.05) is 32.4 Å². The lowest BCUT2D eigenvalue weighted by atomic mass is 10.4. The molecule has 7 heteroatoms. The highest BCUT2D eigenvalue weighted by atomic mass is 28.4. The van der Waals surface area contributed by atoms with Gasteiger partial charge in [0.1, 0.15) is 0 Å². The zero-order valence-electron chi connectivity index (χ0n) is 11.6. The molecule has 0 spiro atoms. The van der Waals surface area contributed by atoms with Crippen LogP contribution >= 0.6 is 0 Å². The molecule has 0 aromatic heterocycles. The number of hydrogen-bond acceptors (Lipinski definition) is 6. The van der Waals surface area contributed by atoms with Crippen molar-refractivity contribution in [2.75, 3.05) is 32.9 Å². The van der Waals surface area contributed by atoms with Crippen LogP contribution < -0.4 is 5.32 Å². The molecule has 0 unspecified atom stereocenters. The van der Waals surface area contributed by atoms with E-state index in [1.807, 2.05) is 20.8 Å². The molecule has 0 rings (SSSR count). The lowest BCUT2D eigenvalue weighted by Crippen LogP contribution is -2.46. The zero-order valence-corrected chi connectivity index (χ0v) is 12.6. The normalized spacial score (nSPS) is 12.3. The Morgan fingerprint density at radius 2 is 1.50 bits per heavy atom. The standard InChI is InChI=1S/C11H27NO5Si/c1-4-15-18(16-5-2,17-6-3)9-7-8-12-10-11(13)14/h11-14H,4-10H2,1-3H3. The van der Waals surface area contributed by atoms with Gasteiger partial charge in [0.25, 0.3) is 0 Å². The predicted octanol–water partition coefficient (Wildman–Crippen LogP) is 0.325. The third-order valence-corrected chi connectivity index (χ3v) is 5.41. The molecule has 110 valence electrons. The smallest absolute Gasteiger partial charge is 0.374 e. The largest absolute Gasteiger partial charge is 0.500 e. The van der Waals surface area contributed by atoms with Gasteiger partial charge in [-0.2, -0.15) is 0 Å². The summed E-state index contributed by atoms with van der Waals surface area (Å²) in [6, 6.07) is 0.733. The summed E-state index contributed by atoms with van der Waals surface area (Å²) < 4.78 is 17.1. The molecule has 6 nitrogen and oxygen atoms in total. The Balaban J connectivity index is 4.04. The Labute approximate surface area is 111 Å². The molecule has 0 heterocycles. The van der Waals surface area contributed by atoms with Crippen LogP contribution in [0.15, 0.2) is 0 Å². The Kier molecular flexibility index (Phi) is 10.8. The lowest BCUT2D eigenvalue weighted by molar-refractivity contribution is -0.0370. The first kappa shape index (κ1) is 18.0. The summed E-state index contributed by atoms with van der Waals surface area (Å²) >= 11 is 0. The second-order valence-electron chi connectivity index (χ2n) is 3.77. The predicted molar refractivity (Wildman–Crippen MR) is 71.2 cm³/mol. The Morgan fingerprint density at radius 3 is 1.89 bits per heavy atom. The van der Waals surface area contributed by atoms with E-state index in [2.05, 4.69) is 5.32 Å². The second-order valence-corrected chi connectivity index (χ2v) is 6.50. The van der Waals surface area contributed by atoms with E-state index < -0.39 is 15.1 Å². The number of nitrogens with one attached hydrogen (secondary N) is 1. The van der Waals surface area contributed by atoms with E-state index in [0.717, 1.165) is 12.5 Å². The molecule has 0 fully saturated rings. The minimum atomic E-state index is -2.54. The fraction of sp³-hybridized carbons (Fsp3) is 1.00. The molecule has 0 aliphatic carbocycles. The van der Waals surface area contributed by atoms with E-state index in [-0.39, 0.29) is 6.54 Å². The van der Waals surface area contributed by atoms with Crippen molar-refractivity contribution in [1.82, 2.24) is 5.32 Å². The average Bonchev–Trinajstić information content (AvgIpc) is 2.29. The van der Waals surface area contributed by atoms with Crippen LogP contribution in [-0.4, -0.2) is 58.2 Å². The summed E-state index contributed by atoms with van der Waals surface area (Å²) in [6.07, 6.45) is -0.489. The second kappa shape index (κ2) is 10.9. The first-order valence-corrected chi connectivity index (χ1v) is 8.52. The molecule has 0 aliphatic rings. The van der Waals surface area contributed by atoms with E-state index >= 15 is 0 Å². The van der Waals surface area contributed by atoms with Gasteiger partial charge in [-0.3, -0.25) is 0 Å². The quantitative estimate of drug-likeness (QED) is 0.272. The van der Waals surface area contributed by atoms with Crippen molar-refractivity contribution in [3.05, 3.63) is 0 Å². The van der Waals surface area contributed by atoms with Crippen LogP contribution in [0.2, 0.25) is 6.04 Å². The molecule has 0 aliphatic heterocycles. The first-order chi connectivity index (χ1) is 8.60. The van der Waals surface area contributed by atoms with Crippen molar-refractivity contribution in [2.45, 2.75) is 39.5 Å². The molecule has 0 bridgehead atoms. The fourth-order valence-electron chi connectivity index (χ4n) is 1.66. The lowest BCUT2D eigenvalue weighted by Gasteiger charge is -2.28. The summed E-state index contributed by atoms with van der Waals surface area (Å²) in [7, 11) is -2.54. The highest BCUT2D eigenvalue weighted by molar-refractivity contribution is 6.60. The van der Waals surface area contributed by atoms with Crippen LogP contribution in [0.1, 0.15) is 27.2 Å². The molecule has 3 N–H and O–H groups in total. The Hall–Kier alpha value is -0.0231. The molecule has 0 atom stereocenters. The molecule has 18 heavy (non-hydrogen) atoms. The van der Waals surface area contributed by atoms with Crippen LogP contribution in [0.3, 0.4) is 0 Å². The average molecular weight is 281 g/mol. The minimum Gasteiger partial charge on any atom is -0.374 e. The Morgan fingerprint density at radius 1 is 1.00 bits per heavy atom. The van der Waals surface area contributed by atoms with E-state index in [1.54, 1.807) is 0 Å². The van der Waals surface area contributed by atoms with Crippen LogP contribution in [-0.2, 0) is 13.3 Å². The molecule has 0 aromatic rings. The van der Waals surface area contributed by atoms with E-state index in [1.165, 1.54) is 0 Å². The summed E-state index contributed by atoms with van der Waals surface area (Å²) in [5.41, 5.74) is 0. The van der Waals surface area contributed by atoms with Crippen molar-refractivity contribution in [3.63, 3.8) is 0 Å². The molecule has 0 saturated carbocycles. The van der Waals surface area contributed by atoms with Gasteiger partial charge in [0.2, 0.25) is 0 Å². The molecular formula is C11H27NO5Si. The highest BCUT2D eigenvalue weighted by Crippen LogP contribution is 2.17. The fourth-order valence-corrected chi connectivity index (χ4v) is 4.27. The number of aliphatic hydroxyl groups is 2. The van der Waals surface area contributed by atoms with Crippen molar-refractivity contribution in [3.8, 4) is 0 Å². The topological polar surface area (TPSA) is 80.2 Å². The first-order valence-electron chi connectivity index (χ1n) is 6.59. The number of hydrogen-bond donors (Lipinski definition) is 3. The van der Waals surface area contributed by atoms with Gasteiger partial charge in [-0.25, -0.2) is 0 Å². The third-order valence-electron chi connectivity index (χ3n) is 2.26. The maximum Gasteiger partial charge on any atom is 0.500 e. The van der Waals surface area contributed by atoms with E-state index in [4.69, 9.17) is 23.5 Å². The van der Waals surface area contributed by atoms with E-state index in [9.17, 15) is 0 Å². The van der Waals surface area contributed by atoms with Gasteiger partial charge in [-0.1, -0.05) is 0 Å². The Bertz CT molecular complexity index is 177. The van der Waals surface area contributed by atoms with Crippen LogP contribution in [0, 0.1) is 0 Å². The van der Waals surface area contributed by atoms with Gasteiger partial charge < -0.3 is 28.8 Å². The van der Waals surface area contributed by atoms with Crippen LogP contribution in [0.4, 0.5) is 0 Å². The summed E-state index contributed by atoms with van der Waals surface area (Å²) in [6.45, 7) is 8.38. The SMILES string of the molecule is CCO[Si](CCCNCC(O)O)(OCC)OCC. The molecule has 0 radical (unpaired) electrons. The maximum absolute atomic E-state index is 8.69. The monoisotopic (exact) mass is 281 g/mol. The number of rotatable bonds is 12. The van der Waals surface area contributed by atoms with Crippen molar-refractivity contribution >= 4 is 8.80 Å². The van der Waals surface area contributed by atoms with E-state index in [0.29, 0.717) is 26.4 Å². The molecule has 0 saturated heterocycles. The summed E-state index contributed by atoms with van der Waals surface area (Å²) in [4.78, 5) is 0. The van der Waals surface area contributed by atoms with Crippen LogP contribution in [0.25, 0.3) is 0 Å². The summed E-state index contributed by atoms with van der Waals surface area (Å²) in [5.74, 6) is 0. The highest BCUT2D eigenvalue weighted by Gasteiger charge is 2.39. The van der Waals surface area contributed by atoms with Gasteiger partial charge in [0.05, 0.1) is 0 Å². The maximum atomic E-state index is 8.69.